The first-order valence-electron chi connectivity index (χ1n) is 5.53. The standard InChI is InChI=1S/C13H13NO5/c1-6-4-8(7(2)12(18-3)11(6)15)9-5-10(13(16)17)19-14-9/h4-5,15H,1-3H3,(H,16,17). The molecule has 0 unspecified atom stereocenters. The molecular weight excluding hydrogens is 250 g/mol. The summed E-state index contributed by atoms with van der Waals surface area (Å²) >= 11 is 0. The monoisotopic (exact) mass is 263 g/mol. The van der Waals surface area contributed by atoms with Gasteiger partial charge < -0.3 is 19.5 Å². The molecule has 0 amide bonds. The Kier molecular flexibility index (Phi) is 3.16. The molecule has 0 saturated heterocycles. The molecule has 0 bridgehead atoms. The summed E-state index contributed by atoms with van der Waals surface area (Å²) in [4.78, 5) is 10.8. The molecule has 2 N–H and O–H groups in total. The Labute approximate surface area is 109 Å². The molecule has 2 aromatic rings. The fraction of sp³-hybridized carbons (Fsp3) is 0.231. The molecule has 2 rings (SSSR count). The van der Waals surface area contributed by atoms with Gasteiger partial charge in [-0.15, -0.1) is 0 Å². The van der Waals surface area contributed by atoms with E-state index in [1.54, 1.807) is 19.9 Å². The molecule has 0 saturated carbocycles. The number of hydrogen-bond donors (Lipinski definition) is 2. The number of aromatic carboxylic acids is 1. The van der Waals surface area contributed by atoms with E-state index in [-0.39, 0.29) is 11.5 Å². The number of phenolic OH excluding ortho intramolecular Hbond substituents is 1. The lowest BCUT2D eigenvalue weighted by Crippen LogP contribution is -1.94. The zero-order valence-electron chi connectivity index (χ0n) is 10.7. The van der Waals surface area contributed by atoms with Crippen LogP contribution in [0.3, 0.4) is 0 Å². The zero-order chi connectivity index (χ0) is 14.2. The Morgan fingerprint density at radius 1 is 1.37 bits per heavy atom. The molecule has 1 aromatic carbocycles. The van der Waals surface area contributed by atoms with Crippen molar-refractivity contribution < 1.29 is 24.3 Å². The number of carboxylic acid groups (broad SMARTS) is 1. The van der Waals surface area contributed by atoms with E-state index in [0.717, 1.165) is 0 Å². The molecule has 0 aliphatic carbocycles. The fourth-order valence-corrected chi connectivity index (χ4v) is 1.89. The van der Waals surface area contributed by atoms with E-state index in [0.29, 0.717) is 28.1 Å². The lowest BCUT2D eigenvalue weighted by Gasteiger charge is -2.12. The normalized spacial score (nSPS) is 10.5. The molecule has 1 aromatic heterocycles. The third-order valence-corrected chi connectivity index (χ3v) is 2.90. The molecule has 0 aliphatic heterocycles. The van der Waals surface area contributed by atoms with Gasteiger partial charge in [0.25, 0.3) is 0 Å². The van der Waals surface area contributed by atoms with Gasteiger partial charge in [0.05, 0.1) is 7.11 Å². The molecule has 0 aliphatic rings. The highest BCUT2D eigenvalue weighted by molar-refractivity contribution is 5.86. The van der Waals surface area contributed by atoms with E-state index in [1.807, 2.05) is 0 Å². The highest BCUT2D eigenvalue weighted by Gasteiger charge is 2.18. The molecule has 0 atom stereocenters. The van der Waals surface area contributed by atoms with Gasteiger partial charge in [-0.2, -0.15) is 0 Å². The fourth-order valence-electron chi connectivity index (χ4n) is 1.89. The van der Waals surface area contributed by atoms with Crippen LogP contribution in [0, 0.1) is 13.8 Å². The largest absolute Gasteiger partial charge is 0.504 e. The van der Waals surface area contributed by atoms with Crippen molar-refractivity contribution in [2.24, 2.45) is 0 Å². The number of methoxy groups -OCH3 is 1. The number of hydrogen-bond acceptors (Lipinski definition) is 5. The van der Waals surface area contributed by atoms with E-state index in [9.17, 15) is 9.90 Å². The minimum absolute atomic E-state index is 0.0608. The minimum Gasteiger partial charge on any atom is -0.504 e. The van der Waals surface area contributed by atoms with Crippen LogP contribution in [0.2, 0.25) is 0 Å². The highest BCUT2D eigenvalue weighted by atomic mass is 16.5. The van der Waals surface area contributed by atoms with Gasteiger partial charge in [-0.1, -0.05) is 5.16 Å². The van der Waals surface area contributed by atoms with Crippen LogP contribution in [-0.4, -0.2) is 28.4 Å². The number of benzene rings is 1. The summed E-state index contributed by atoms with van der Waals surface area (Å²) in [5, 5.41) is 22.4. The van der Waals surface area contributed by atoms with Crippen LogP contribution < -0.4 is 4.74 Å². The predicted molar refractivity (Wildman–Crippen MR) is 66.6 cm³/mol. The summed E-state index contributed by atoms with van der Waals surface area (Å²) in [5.41, 5.74) is 2.31. The second kappa shape index (κ2) is 4.64. The molecule has 0 fully saturated rings. The molecule has 19 heavy (non-hydrogen) atoms. The number of aromatic hydroxyl groups is 1. The smallest absolute Gasteiger partial charge is 0.374 e. The van der Waals surface area contributed by atoms with Crippen molar-refractivity contribution in [3.8, 4) is 22.8 Å². The van der Waals surface area contributed by atoms with Crippen LogP contribution in [0.4, 0.5) is 0 Å². The van der Waals surface area contributed by atoms with Gasteiger partial charge in [-0.25, -0.2) is 4.79 Å². The van der Waals surface area contributed by atoms with E-state index in [1.165, 1.54) is 13.2 Å². The van der Waals surface area contributed by atoms with Crippen LogP contribution in [-0.2, 0) is 0 Å². The van der Waals surface area contributed by atoms with Gasteiger partial charge >= 0.3 is 5.97 Å². The van der Waals surface area contributed by atoms with Crippen LogP contribution in [0.5, 0.6) is 11.5 Å². The van der Waals surface area contributed by atoms with Gasteiger partial charge in [-0.3, -0.25) is 0 Å². The lowest BCUT2D eigenvalue weighted by atomic mass is 10.0. The number of nitrogens with zero attached hydrogens (tertiary/aromatic N) is 1. The molecule has 100 valence electrons. The SMILES string of the molecule is COc1c(C)c(-c2cc(C(=O)O)on2)cc(C)c1O. The van der Waals surface area contributed by atoms with Gasteiger partial charge in [0.1, 0.15) is 5.69 Å². The molecule has 1 heterocycles. The van der Waals surface area contributed by atoms with Crippen molar-refractivity contribution in [2.75, 3.05) is 7.11 Å². The van der Waals surface area contributed by atoms with Crippen molar-refractivity contribution in [3.63, 3.8) is 0 Å². The van der Waals surface area contributed by atoms with Gasteiger partial charge in [0, 0.05) is 17.2 Å². The zero-order valence-corrected chi connectivity index (χ0v) is 10.7. The minimum atomic E-state index is -1.18. The number of carbonyl (C=O) groups is 1. The number of carboxylic acids is 1. The van der Waals surface area contributed by atoms with Gasteiger partial charge in [-0.05, 0) is 25.5 Å². The van der Waals surface area contributed by atoms with Crippen molar-refractivity contribution in [3.05, 3.63) is 29.0 Å². The summed E-state index contributed by atoms with van der Waals surface area (Å²) in [6.45, 7) is 3.47. The molecule has 0 radical (unpaired) electrons. The van der Waals surface area contributed by atoms with Gasteiger partial charge in [0.15, 0.2) is 11.5 Å². The second-order valence-corrected chi connectivity index (χ2v) is 4.13. The summed E-state index contributed by atoms with van der Waals surface area (Å²) in [6.07, 6.45) is 0. The Hall–Kier alpha value is -2.50. The van der Waals surface area contributed by atoms with E-state index in [2.05, 4.69) is 5.16 Å². The van der Waals surface area contributed by atoms with Crippen LogP contribution in [0.15, 0.2) is 16.7 Å². The van der Waals surface area contributed by atoms with Crippen molar-refractivity contribution in [1.82, 2.24) is 5.16 Å². The van der Waals surface area contributed by atoms with Gasteiger partial charge in [0.2, 0.25) is 5.76 Å². The molecule has 0 spiro atoms. The topological polar surface area (TPSA) is 92.8 Å². The maximum absolute atomic E-state index is 10.8. The van der Waals surface area contributed by atoms with Crippen LogP contribution >= 0.6 is 0 Å². The summed E-state index contributed by atoms with van der Waals surface area (Å²) in [7, 11) is 1.46. The Bertz CT molecular complexity index is 645. The molecular formula is C13H13NO5. The number of rotatable bonds is 3. The quantitative estimate of drug-likeness (QED) is 0.883. The van der Waals surface area contributed by atoms with E-state index in [4.69, 9.17) is 14.4 Å². The third kappa shape index (κ3) is 2.12. The Morgan fingerprint density at radius 2 is 2.05 bits per heavy atom. The second-order valence-electron chi connectivity index (χ2n) is 4.13. The summed E-state index contributed by atoms with van der Waals surface area (Å²) in [6, 6.07) is 3.04. The van der Waals surface area contributed by atoms with Crippen molar-refractivity contribution in [1.29, 1.82) is 0 Å². The van der Waals surface area contributed by atoms with Crippen molar-refractivity contribution >= 4 is 5.97 Å². The first-order valence-corrected chi connectivity index (χ1v) is 5.53. The molecule has 6 heteroatoms. The maximum Gasteiger partial charge on any atom is 0.374 e. The van der Waals surface area contributed by atoms with Crippen LogP contribution in [0.25, 0.3) is 11.3 Å². The van der Waals surface area contributed by atoms with E-state index < -0.39 is 5.97 Å². The number of phenols is 1. The highest BCUT2D eigenvalue weighted by Crippen LogP contribution is 2.39. The van der Waals surface area contributed by atoms with Crippen molar-refractivity contribution in [2.45, 2.75) is 13.8 Å². The average molecular weight is 263 g/mol. The van der Waals surface area contributed by atoms with Crippen LogP contribution in [0.1, 0.15) is 21.7 Å². The Morgan fingerprint density at radius 3 is 2.58 bits per heavy atom. The predicted octanol–water partition coefficient (Wildman–Crippen LogP) is 2.37. The number of aromatic nitrogens is 1. The summed E-state index contributed by atoms with van der Waals surface area (Å²) in [5.74, 6) is -1.02. The molecule has 6 nitrogen and oxygen atoms in total. The average Bonchev–Trinajstić information content (AvgIpc) is 2.84. The number of aryl methyl sites for hydroxylation is 1. The maximum atomic E-state index is 10.8. The first kappa shape index (κ1) is 12.9. The number of ether oxygens (including phenoxy) is 1. The lowest BCUT2D eigenvalue weighted by molar-refractivity contribution is 0.0652. The van der Waals surface area contributed by atoms with E-state index >= 15 is 0 Å². The first-order chi connectivity index (χ1) is 8.95. The third-order valence-electron chi connectivity index (χ3n) is 2.90. The Balaban J connectivity index is 2.61. The summed E-state index contributed by atoms with van der Waals surface area (Å²) < 4.78 is 9.87.